The summed E-state index contributed by atoms with van der Waals surface area (Å²) in [6.45, 7) is 4.22. The monoisotopic (exact) mass is 317 g/mol. The van der Waals surface area contributed by atoms with Crippen molar-refractivity contribution in [1.82, 2.24) is 0 Å². The van der Waals surface area contributed by atoms with E-state index in [1.165, 1.54) is 12.1 Å². The van der Waals surface area contributed by atoms with Crippen molar-refractivity contribution in [2.45, 2.75) is 50.0 Å². The summed E-state index contributed by atoms with van der Waals surface area (Å²) >= 11 is 0. The fourth-order valence-corrected chi connectivity index (χ4v) is 4.16. The fourth-order valence-electron chi connectivity index (χ4n) is 3.09. The van der Waals surface area contributed by atoms with Crippen molar-refractivity contribution in [3.63, 3.8) is 0 Å². The molecule has 1 aromatic rings. The third kappa shape index (κ3) is 2.97. The van der Waals surface area contributed by atoms with E-state index in [9.17, 15) is 17.2 Å². The minimum Gasteiger partial charge on any atom is -0.327 e. The first-order chi connectivity index (χ1) is 9.70. The van der Waals surface area contributed by atoms with Crippen LogP contribution in [-0.4, -0.2) is 26.6 Å². The largest absolute Gasteiger partial charge is 0.327 e. The molecule has 1 saturated carbocycles. The van der Waals surface area contributed by atoms with Crippen LogP contribution in [0, 0.1) is 5.41 Å². The average molecular weight is 317 g/mol. The van der Waals surface area contributed by atoms with Gasteiger partial charge in [0.25, 0.3) is 6.43 Å². The van der Waals surface area contributed by atoms with Gasteiger partial charge in [-0.15, -0.1) is 0 Å². The first-order valence-electron chi connectivity index (χ1n) is 7.07. The summed E-state index contributed by atoms with van der Waals surface area (Å²) in [5.41, 5.74) is 7.11. The predicted octanol–water partition coefficient (Wildman–Crippen LogP) is 2.96. The molecule has 2 N–H and O–H groups in total. The molecular formula is C15H21F2NO2S. The maximum absolute atomic E-state index is 12.3. The number of halogens is 2. The maximum Gasteiger partial charge on any atom is 0.252 e. The van der Waals surface area contributed by atoms with E-state index in [1.54, 1.807) is 12.1 Å². The molecule has 1 aliphatic carbocycles. The lowest BCUT2D eigenvalue weighted by Crippen LogP contribution is -2.54. The summed E-state index contributed by atoms with van der Waals surface area (Å²) in [5.74, 6) is -0.836. The average Bonchev–Trinajstić information content (AvgIpc) is 2.42. The van der Waals surface area contributed by atoms with E-state index in [0.29, 0.717) is 5.92 Å². The lowest BCUT2D eigenvalue weighted by Gasteiger charge is -2.53. The molecule has 0 radical (unpaired) electrons. The molecule has 1 fully saturated rings. The minimum absolute atomic E-state index is 0.0172. The molecular weight excluding hydrogens is 296 g/mol. The molecule has 0 aromatic heterocycles. The number of hydrogen-bond acceptors (Lipinski definition) is 3. The molecule has 3 unspecified atom stereocenters. The molecule has 21 heavy (non-hydrogen) atoms. The Hall–Kier alpha value is -1.01. The van der Waals surface area contributed by atoms with Gasteiger partial charge in [-0.3, -0.25) is 0 Å². The van der Waals surface area contributed by atoms with E-state index in [4.69, 9.17) is 5.73 Å². The van der Waals surface area contributed by atoms with E-state index < -0.39 is 22.0 Å². The van der Waals surface area contributed by atoms with Crippen LogP contribution >= 0.6 is 0 Å². The summed E-state index contributed by atoms with van der Waals surface area (Å²) in [6.07, 6.45) is -1.04. The lowest BCUT2D eigenvalue weighted by molar-refractivity contribution is 0.0706. The maximum atomic E-state index is 12.3. The van der Waals surface area contributed by atoms with Gasteiger partial charge in [0, 0.05) is 6.04 Å². The predicted molar refractivity (Wildman–Crippen MR) is 78.2 cm³/mol. The number of rotatable bonds is 5. The van der Waals surface area contributed by atoms with Gasteiger partial charge in [0.15, 0.2) is 9.84 Å². The highest BCUT2D eigenvalue weighted by atomic mass is 32.2. The van der Waals surface area contributed by atoms with Gasteiger partial charge in [-0.05, 0) is 41.9 Å². The summed E-state index contributed by atoms with van der Waals surface area (Å²) in [4.78, 5) is -0.0478. The Labute approximate surface area is 124 Å². The van der Waals surface area contributed by atoms with E-state index in [1.807, 2.05) is 0 Å². The zero-order valence-corrected chi connectivity index (χ0v) is 13.0. The molecule has 118 valence electrons. The van der Waals surface area contributed by atoms with Crippen molar-refractivity contribution in [2.75, 3.05) is 5.75 Å². The number of alkyl halides is 2. The Morgan fingerprint density at radius 3 is 2.33 bits per heavy atom. The van der Waals surface area contributed by atoms with Crippen LogP contribution in [0.25, 0.3) is 0 Å². The second-order valence-electron chi connectivity index (χ2n) is 6.00. The molecule has 3 atom stereocenters. The highest BCUT2D eigenvalue weighted by Crippen LogP contribution is 2.53. The number of hydrogen-bond donors (Lipinski definition) is 1. The second kappa shape index (κ2) is 5.65. The Morgan fingerprint density at radius 1 is 1.33 bits per heavy atom. The zero-order valence-electron chi connectivity index (χ0n) is 12.2. The third-order valence-electron chi connectivity index (χ3n) is 4.88. The molecule has 0 aliphatic heterocycles. The van der Waals surface area contributed by atoms with Crippen LogP contribution < -0.4 is 5.73 Å². The summed E-state index contributed by atoms with van der Waals surface area (Å²) < 4.78 is 48.1. The van der Waals surface area contributed by atoms with Crippen LogP contribution in [0.4, 0.5) is 8.78 Å². The van der Waals surface area contributed by atoms with Gasteiger partial charge in [0.2, 0.25) is 0 Å². The molecule has 0 spiro atoms. The zero-order chi connectivity index (χ0) is 15.8. The highest BCUT2D eigenvalue weighted by Gasteiger charge is 2.48. The number of nitrogens with two attached hydrogens (primary N) is 1. The lowest BCUT2D eigenvalue weighted by atomic mass is 9.54. The summed E-state index contributed by atoms with van der Waals surface area (Å²) in [7, 11) is -3.91. The molecule has 6 heteroatoms. The van der Waals surface area contributed by atoms with Crippen molar-refractivity contribution in [3.8, 4) is 0 Å². The summed E-state index contributed by atoms with van der Waals surface area (Å²) in [5, 5.41) is 0. The highest BCUT2D eigenvalue weighted by molar-refractivity contribution is 7.91. The van der Waals surface area contributed by atoms with Crippen LogP contribution in [0.5, 0.6) is 0 Å². The standard InChI is InChI=1S/C15H21F2NO2S/c1-3-15(2)12(8-13(15)18)10-4-6-11(7-5-10)21(19,20)9-14(16)17/h4-7,12-14H,3,8-9,18H2,1-2H3. The fraction of sp³-hybridized carbons (Fsp3) is 0.600. The molecule has 1 aromatic carbocycles. The second-order valence-corrected chi connectivity index (χ2v) is 8.03. The smallest absolute Gasteiger partial charge is 0.252 e. The van der Waals surface area contributed by atoms with E-state index >= 15 is 0 Å². The van der Waals surface area contributed by atoms with Crippen molar-refractivity contribution in [2.24, 2.45) is 11.1 Å². The molecule has 3 nitrogen and oxygen atoms in total. The Kier molecular flexibility index (Phi) is 4.40. The molecule has 0 bridgehead atoms. The van der Waals surface area contributed by atoms with Crippen molar-refractivity contribution >= 4 is 9.84 Å². The summed E-state index contributed by atoms with van der Waals surface area (Å²) in [6, 6.07) is 6.45. The van der Waals surface area contributed by atoms with Crippen LogP contribution in [0.15, 0.2) is 29.2 Å². The minimum atomic E-state index is -3.91. The molecule has 0 heterocycles. The van der Waals surface area contributed by atoms with Crippen LogP contribution in [0.3, 0.4) is 0 Å². The Bertz CT molecular complexity index is 601. The van der Waals surface area contributed by atoms with Gasteiger partial charge in [-0.25, -0.2) is 17.2 Å². The van der Waals surface area contributed by atoms with Crippen molar-refractivity contribution < 1.29 is 17.2 Å². The molecule has 2 rings (SSSR count). The van der Waals surface area contributed by atoms with E-state index in [0.717, 1.165) is 18.4 Å². The van der Waals surface area contributed by atoms with Crippen LogP contribution in [0.2, 0.25) is 0 Å². The quantitative estimate of drug-likeness (QED) is 0.908. The van der Waals surface area contributed by atoms with Gasteiger partial charge in [0.1, 0.15) is 5.75 Å². The van der Waals surface area contributed by atoms with E-state index in [-0.39, 0.29) is 16.4 Å². The SMILES string of the molecule is CCC1(C)C(N)CC1c1ccc(S(=O)(=O)CC(F)F)cc1. The third-order valence-corrected chi connectivity index (χ3v) is 6.56. The van der Waals surface area contributed by atoms with Crippen LogP contribution in [-0.2, 0) is 9.84 Å². The first-order valence-corrected chi connectivity index (χ1v) is 8.72. The van der Waals surface area contributed by atoms with Crippen molar-refractivity contribution in [3.05, 3.63) is 29.8 Å². The van der Waals surface area contributed by atoms with E-state index in [2.05, 4.69) is 13.8 Å². The Balaban J connectivity index is 2.21. The molecule has 0 saturated heterocycles. The number of sulfone groups is 1. The number of benzene rings is 1. The van der Waals surface area contributed by atoms with Gasteiger partial charge in [0.05, 0.1) is 4.90 Å². The normalized spacial score (nSPS) is 29.4. The van der Waals surface area contributed by atoms with Gasteiger partial charge in [-0.2, -0.15) is 0 Å². The topological polar surface area (TPSA) is 60.2 Å². The van der Waals surface area contributed by atoms with Gasteiger partial charge < -0.3 is 5.73 Å². The first kappa shape index (κ1) is 16.4. The molecule has 0 amide bonds. The van der Waals surface area contributed by atoms with Gasteiger partial charge >= 0.3 is 0 Å². The Morgan fingerprint density at radius 2 is 1.90 bits per heavy atom. The van der Waals surface area contributed by atoms with Crippen LogP contribution in [0.1, 0.15) is 38.2 Å². The van der Waals surface area contributed by atoms with Crippen molar-refractivity contribution in [1.29, 1.82) is 0 Å². The van der Waals surface area contributed by atoms with Gasteiger partial charge in [-0.1, -0.05) is 26.0 Å². The molecule has 1 aliphatic rings.